The molecule has 2 aromatic rings. The molecular formula is C15H16N2O3. The quantitative estimate of drug-likeness (QED) is 0.666. The minimum absolute atomic E-state index is 0.133. The van der Waals surface area contributed by atoms with Gasteiger partial charge in [-0.15, -0.1) is 0 Å². The van der Waals surface area contributed by atoms with Gasteiger partial charge < -0.3 is 15.2 Å². The van der Waals surface area contributed by atoms with Crippen LogP contribution in [0.25, 0.3) is 0 Å². The molecule has 1 aromatic carbocycles. The van der Waals surface area contributed by atoms with Crippen molar-refractivity contribution in [3.05, 3.63) is 53.9 Å². The molecule has 0 fully saturated rings. The molecule has 104 valence electrons. The number of carbonyl (C=O) groups is 1. The summed E-state index contributed by atoms with van der Waals surface area (Å²) in [4.78, 5) is 15.8. The lowest BCUT2D eigenvalue weighted by Crippen LogP contribution is -2.15. The van der Waals surface area contributed by atoms with Gasteiger partial charge in [-0.05, 0) is 31.2 Å². The minimum Gasteiger partial charge on any atom is -0.480 e. The molecule has 0 aliphatic carbocycles. The molecule has 5 nitrogen and oxygen atoms in total. The number of ether oxygens (including phenoxy) is 2. The third-order valence-corrected chi connectivity index (χ3v) is 2.59. The summed E-state index contributed by atoms with van der Waals surface area (Å²) in [7, 11) is 0. The second kappa shape index (κ2) is 6.56. The number of pyridine rings is 1. The van der Waals surface area contributed by atoms with E-state index in [1.807, 2.05) is 19.1 Å². The fraction of sp³-hybridized carbons (Fsp3) is 0.200. The van der Waals surface area contributed by atoms with Crippen molar-refractivity contribution in [2.75, 3.05) is 12.3 Å². The molecule has 0 radical (unpaired) electrons. The lowest BCUT2D eigenvalue weighted by molar-refractivity contribution is -0.147. The number of nitrogen functional groups attached to an aromatic ring is 1. The maximum atomic E-state index is 11.6. The second-order valence-corrected chi connectivity index (χ2v) is 4.26. The molecule has 0 saturated heterocycles. The van der Waals surface area contributed by atoms with Crippen LogP contribution < -0.4 is 10.5 Å². The van der Waals surface area contributed by atoms with Gasteiger partial charge in [-0.3, -0.25) is 4.98 Å². The zero-order chi connectivity index (χ0) is 14.4. The molecule has 5 heteroatoms. The SMILES string of the molecule is Cc1cccc(COC(=O)COc2ccccc2N)n1. The molecule has 2 N–H and O–H groups in total. The number of nitrogens with zero attached hydrogens (tertiary/aromatic N) is 1. The molecule has 2 rings (SSSR count). The number of esters is 1. The Morgan fingerprint density at radius 2 is 2.00 bits per heavy atom. The molecule has 0 aliphatic rings. The Kier molecular flexibility index (Phi) is 4.55. The van der Waals surface area contributed by atoms with Crippen molar-refractivity contribution in [2.45, 2.75) is 13.5 Å². The van der Waals surface area contributed by atoms with Crippen molar-refractivity contribution in [1.82, 2.24) is 4.98 Å². The van der Waals surface area contributed by atoms with Crippen LogP contribution in [0.3, 0.4) is 0 Å². The molecule has 20 heavy (non-hydrogen) atoms. The van der Waals surface area contributed by atoms with Crippen LogP contribution in [0, 0.1) is 6.92 Å². The van der Waals surface area contributed by atoms with Gasteiger partial charge in [0.05, 0.1) is 11.4 Å². The number of nitrogens with two attached hydrogens (primary N) is 1. The Morgan fingerprint density at radius 1 is 1.20 bits per heavy atom. The van der Waals surface area contributed by atoms with Gasteiger partial charge in [0.1, 0.15) is 12.4 Å². The lowest BCUT2D eigenvalue weighted by atomic mass is 10.3. The predicted molar refractivity (Wildman–Crippen MR) is 75.1 cm³/mol. The smallest absolute Gasteiger partial charge is 0.344 e. The first-order valence-corrected chi connectivity index (χ1v) is 6.20. The third kappa shape index (κ3) is 3.98. The fourth-order valence-electron chi connectivity index (χ4n) is 1.62. The number of hydrogen-bond acceptors (Lipinski definition) is 5. The Morgan fingerprint density at radius 3 is 2.75 bits per heavy atom. The molecule has 0 bridgehead atoms. The van der Waals surface area contributed by atoms with Crippen LogP contribution in [0.5, 0.6) is 5.75 Å². The van der Waals surface area contributed by atoms with E-state index in [0.29, 0.717) is 17.1 Å². The van der Waals surface area contributed by atoms with Crippen molar-refractivity contribution in [1.29, 1.82) is 0 Å². The first-order chi connectivity index (χ1) is 9.65. The molecule has 1 heterocycles. The number of para-hydroxylation sites is 2. The topological polar surface area (TPSA) is 74.4 Å². The van der Waals surface area contributed by atoms with Crippen LogP contribution in [0.1, 0.15) is 11.4 Å². The molecular weight excluding hydrogens is 256 g/mol. The second-order valence-electron chi connectivity index (χ2n) is 4.26. The van der Waals surface area contributed by atoms with Crippen LogP contribution >= 0.6 is 0 Å². The van der Waals surface area contributed by atoms with E-state index in [1.165, 1.54) is 0 Å². The van der Waals surface area contributed by atoms with Crippen LogP contribution in [0.4, 0.5) is 5.69 Å². The Hall–Kier alpha value is -2.56. The van der Waals surface area contributed by atoms with E-state index in [1.54, 1.807) is 30.3 Å². The van der Waals surface area contributed by atoms with E-state index in [0.717, 1.165) is 5.69 Å². The summed E-state index contributed by atoms with van der Waals surface area (Å²) in [6, 6.07) is 12.5. The van der Waals surface area contributed by atoms with Gasteiger partial charge in [-0.25, -0.2) is 4.79 Å². The highest BCUT2D eigenvalue weighted by Crippen LogP contribution is 2.19. The number of anilines is 1. The van der Waals surface area contributed by atoms with E-state index in [2.05, 4.69) is 4.98 Å². The number of hydrogen-bond donors (Lipinski definition) is 1. The maximum Gasteiger partial charge on any atom is 0.344 e. The van der Waals surface area contributed by atoms with Crippen molar-refractivity contribution in [2.24, 2.45) is 0 Å². The average molecular weight is 272 g/mol. The zero-order valence-corrected chi connectivity index (χ0v) is 11.2. The van der Waals surface area contributed by atoms with Crippen molar-refractivity contribution < 1.29 is 14.3 Å². The van der Waals surface area contributed by atoms with Crippen molar-refractivity contribution in [3.63, 3.8) is 0 Å². The number of benzene rings is 1. The van der Waals surface area contributed by atoms with E-state index in [-0.39, 0.29) is 13.2 Å². The summed E-state index contributed by atoms with van der Waals surface area (Å²) in [5.74, 6) is 0.00897. The van der Waals surface area contributed by atoms with Gasteiger partial charge in [-0.2, -0.15) is 0 Å². The van der Waals surface area contributed by atoms with Gasteiger partial charge in [-0.1, -0.05) is 18.2 Å². The van der Waals surface area contributed by atoms with Gasteiger partial charge in [0.2, 0.25) is 0 Å². The van der Waals surface area contributed by atoms with E-state index < -0.39 is 5.97 Å². The van der Waals surface area contributed by atoms with E-state index in [4.69, 9.17) is 15.2 Å². The zero-order valence-electron chi connectivity index (χ0n) is 11.2. The minimum atomic E-state index is -0.462. The van der Waals surface area contributed by atoms with Gasteiger partial charge in [0, 0.05) is 5.69 Å². The monoisotopic (exact) mass is 272 g/mol. The molecule has 0 atom stereocenters. The van der Waals surface area contributed by atoms with Crippen LogP contribution in [0.15, 0.2) is 42.5 Å². The van der Waals surface area contributed by atoms with Gasteiger partial charge in [0.25, 0.3) is 0 Å². The predicted octanol–water partition coefficient (Wildman–Crippen LogP) is 2.09. The summed E-state index contributed by atoms with van der Waals surface area (Å²) in [6.07, 6.45) is 0. The maximum absolute atomic E-state index is 11.6. The Bertz CT molecular complexity index is 599. The highest BCUT2D eigenvalue weighted by Gasteiger charge is 2.07. The number of aryl methyl sites for hydroxylation is 1. The average Bonchev–Trinajstić information content (AvgIpc) is 2.44. The standard InChI is InChI=1S/C15H16N2O3/c1-11-5-4-6-12(17-11)9-20-15(18)10-19-14-8-3-2-7-13(14)16/h2-8H,9-10,16H2,1H3. The number of aromatic nitrogens is 1. The largest absolute Gasteiger partial charge is 0.480 e. The fourth-order valence-corrected chi connectivity index (χ4v) is 1.62. The molecule has 0 amide bonds. The lowest BCUT2D eigenvalue weighted by Gasteiger charge is -2.08. The van der Waals surface area contributed by atoms with Crippen molar-refractivity contribution >= 4 is 11.7 Å². The van der Waals surface area contributed by atoms with Crippen molar-refractivity contribution in [3.8, 4) is 5.75 Å². The summed E-state index contributed by atoms with van der Waals surface area (Å²) in [5.41, 5.74) is 7.78. The highest BCUT2D eigenvalue weighted by molar-refractivity contribution is 5.71. The van der Waals surface area contributed by atoms with Crippen LogP contribution in [-0.2, 0) is 16.1 Å². The normalized spacial score (nSPS) is 10.1. The number of rotatable bonds is 5. The Balaban J connectivity index is 1.80. The highest BCUT2D eigenvalue weighted by atomic mass is 16.6. The molecule has 0 aliphatic heterocycles. The third-order valence-electron chi connectivity index (χ3n) is 2.59. The summed E-state index contributed by atoms with van der Waals surface area (Å²) in [5, 5.41) is 0. The van der Waals surface area contributed by atoms with Crippen LogP contribution in [-0.4, -0.2) is 17.6 Å². The molecule has 1 aromatic heterocycles. The first kappa shape index (κ1) is 13.9. The summed E-state index contributed by atoms with van der Waals surface area (Å²) >= 11 is 0. The molecule has 0 spiro atoms. The van der Waals surface area contributed by atoms with Crippen LogP contribution in [0.2, 0.25) is 0 Å². The van der Waals surface area contributed by atoms with E-state index in [9.17, 15) is 4.79 Å². The summed E-state index contributed by atoms with van der Waals surface area (Å²) in [6.45, 7) is 1.83. The first-order valence-electron chi connectivity index (χ1n) is 6.20. The summed E-state index contributed by atoms with van der Waals surface area (Å²) < 4.78 is 10.4. The van der Waals surface area contributed by atoms with Gasteiger partial charge in [0.15, 0.2) is 6.61 Å². The molecule has 0 unspecified atom stereocenters. The molecule has 0 saturated carbocycles. The van der Waals surface area contributed by atoms with Gasteiger partial charge >= 0.3 is 5.97 Å². The number of carbonyl (C=O) groups excluding carboxylic acids is 1. The Labute approximate surface area is 117 Å². The van der Waals surface area contributed by atoms with E-state index >= 15 is 0 Å².